The first-order valence-electron chi connectivity index (χ1n) is 6.63. The number of benzene rings is 1. The molecule has 8 heteroatoms. The van der Waals surface area contributed by atoms with Crippen LogP contribution < -0.4 is 15.8 Å². The van der Waals surface area contributed by atoms with Gasteiger partial charge in [0.25, 0.3) is 5.78 Å². The van der Waals surface area contributed by atoms with E-state index in [4.69, 9.17) is 10.5 Å². The summed E-state index contributed by atoms with van der Waals surface area (Å²) in [5.41, 5.74) is 5.67. The summed E-state index contributed by atoms with van der Waals surface area (Å²) >= 11 is 0. The van der Waals surface area contributed by atoms with E-state index in [2.05, 4.69) is 32.3 Å². The van der Waals surface area contributed by atoms with Gasteiger partial charge in [-0.3, -0.25) is 0 Å². The topological polar surface area (TPSA) is 103 Å². The average molecular weight is 285 g/mol. The molecule has 8 nitrogen and oxygen atoms in total. The second kappa shape index (κ2) is 5.61. The van der Waals surface area contributed by atoms with Crippen molar-refractivity contribution in [2.24, 2.45) is 0 Å². The summed E-state index contributed by atoms with van der Waals surface area (Å²) < 4.78 is 7.06. The van der Waals surface area contributed by atoms with E-state index in [1.54, 1.807) is 0 Å². The maximum Gasteiger partial charge on any atom is 0.343 e. The Labute approximate surface area is 121 Å². The maximum atomic E-state index is 5.67. The highest BCUT2D eigenvalue weighted by Crippen LogP contribution is 2.19. The molecule has 0 unspecified atom stereocenters. The summed E-state index contributed by atoms with van der Waals surface area (Å²) in [5.74, 6) is 1.62. The summed E-state index contributed by atoms with van der Waals surface area (Å²) in [4.78, 5) is 12.4. The quantitative estimate of drug-likeness (QED) is 0.735. The maximum absolute atomic E-state index is 5.67. The first-order chi connectivity index (χ1) is 10.3. The lowest BCUT2D eigenvalue weighted by Gasteiger charge is -2.04. The molecule has 108 valence electrons. The Morgan fingerprint density at radius 2 is 2.00 bits per heavy atom. The lowest BCUT2D eigenvalue weighted by molar-refractivity contribution is 0.442. The van der Waals surface area contributed by atoms with Gasteiger partial charge in [0.1, 0.15) is 5.75 Å². The molecule has 1 aromatic carbocycles. The largest absolute Gasteiger partial charge is 0.423 e. The molecule has 21 heavy (non-hydrogen) atoms. The van der Waals surface area contributed by atoms with Crippen LogP contribution in [0.25, 0.3) is 5.78 Å². The van der Waals surface area contributed by atoms with Gasteiger partial charge in [0, 0.05) is 6.54 Å². The van der Waals surface area contributed by atoms with E-state index in [9.17, 15) is 0 Å². The predicted octanol–water partition coefficient (Wildman–Crippen LogP) is 1.72. The van der Waals surface area contributed by atoms with E-state index in [1.807, 2.05) is 30.3 Å². The number of hydrogen-bond acceptors (Lipinski definition) is 7. The first kappa shape index (κ1) is 13.1. The fourth-order valence-corrected chi connectivity index (χ4v) is 1.77. The Bertz CT molecular complexity index is 741. The lowest BCUT2D eigenvalue weighted by Crippen LogP contribution is -2.11. The third-order valence-corrected chi connectivity index (χ3v) is 2.69. The van der Waals surface area contributed by atoms with E-state index in [-0.39, 0.29) is 12.0 Å². The van der Waals surface area contributed by atoms with Crippen LogP contribution in [-0.4, -0.2) is 31.1 Å². The molecular formula is C13H15N7O. The number of aromatic nitrogens is 5. The molecule has 3 aromatic rings. The monoisotopic (exact) mass is 285 g/mol. The molecule has 2 heterocycles. The van der Waals surface area contributed by atoms with Gasteiger partial charge < -0.3 is 15.8 Å². The highest BCUT2D eigenvalue weighted by Gasteiger charge is 2.12. The smallest absolute Gasteiger partial charge is 0.343 e. The normalized spacial score (nSPS) is 10.7. The van der Waals surface area contributed by atoms with Crippen molar-refractivity contribution >= 4 is 17.7 Å². The minimum atomic E-state index is 0.139. The highest BCUT2D eigenvalue weighted by atomic mass is 16.5. The number of anilines is 2. The van der Waals surface area contributed by atoms with Gasteiger partial charge in [0.05, 0.1) is 0 Å². The lowest BCUT2D eigenvalue weighted by atomic mass is 10.3. The van der Waals surface area contributed by atoms with E-state index >= 15 is 0 Å². The number of nitrogens with one attached hydrogen (secondary N) is 1. The molecule has 0 aliphatic carbocycles. The number of fused-ring (bicyclic) bond motifs is 1. The fraction of sp³-hybridized carbons (Fsp3) is 0.231. The number of nitrogens with two attached hydrogens (primary N) is 1. The minimum Gasteiger partial charge on any atom is -0.423 e. The van der Waals surface area contributed by atoms with Crippen molar-refractivity contribution in [3.8, 4) is 11.8 Å². The Kier molecular flexibility index (Phi) is 3.50. The van der Waals surface area contributed by atoms with Crippen LogP contribution in [0.5, 0.6) is 11.8 Å². The van der Waals surface area contributed by atoms with E-state index in [1.165, 1.54) is 4.52 Å². The Morgan fingerprint density at radius 1 is 1.19 bits per heavy atom. The molecule has 0 saturated heterocycles. The summed E-state index contributed by atoms with van der Waals surface area (Å²) in [6, 6.07) is 9.49. The van der Waals surface area contributed by atoms with Crippen LogP contribution in [0.3, 0.4) is 0 Å². The van der Waals surface area contributed by atoms with Gasteiger partial charge in [-0.25, -0.2) is 0 Å². The molecule has 0 aliphatic rings. The van der Waals surface area contributed by atoms with E-state index in [0.29, 0.717) is 17.5 Å². The molecule has 0 aliphatic heterocycles. The molecule has 3 N–H and O–H groups in total. The Balaban J connectivity index is 1.95. The molecule has 3 rings (SSSR count). The van der Waals surface area contributed by atoms with Crippen LogP contribution in [0.1, 0.15) is 13.3 Å². The van der Waals surface area contributed by atoms with E-state index in [0.717, 1.165) is 13.0 Å². The summed E-state index contributed by atoms with van der Waals surface area (Å²) in [7, 11) is 0. The van der Waals surface area contributed by atoms with Gasteiger partial charge in [-0.1, -0.05) is 25.1 Å². The number of ether oxygens (including phenoxy) is 1. The van der Waals surface area contributed by atoms with Gasteiger partial charge in [-0.15, -0.1) is 5.10 Å². The number of nitrogen functional groups attached to an aromatic ring is 1. The molecular weight excluding hydrogens is 270 g/mol. The van der Waals surface area contributed by atoms with Crippen LogP contribution in [0.2, 0.25) is 0 Å². The highest BCUT2D eigenvalue weighted by molar-refractivity contribution is 5.44. The molecule has 0 radical (unpaired) electrons. The van der Waals surface area contributed by atoms with Gasteiger partial charge in [0.2, 0.25) is 11.9 Å². The molecule has 0 atom stereocenters. The molecule has 0 spiro atoms. The van der Waals surface area contributed by atoms with E-state index < -0.39 is 0 Å². The number of para-hydroxylation sites is 1. The van der Waals surface area contributed by atoms with Crippen LogP contribution in [-0.2, 0) is 0 Å². The van der Waals surface area contributed by atoms with Crippen molar-refractivity contribution < 1.29 is 4.74 Å². The van der Waals surface area contributed by atoms with Gasteiger partial charge in [-0.2, -0.15) is 19.5 Å². The summed E-state index contributed by atoms with van der Waals surface area (Å²) in [5, 5.41) is 7.37. The van der Waals surface area contributed by atoms with Crippen molar-refractivity contribution in [1.82, 2.24) is 24.6 Å². The van der Waals surface area contributed by atoms with Crippen molar-refractivity contribution in [2.75, 3.05) is 17.6 Å². The van der Waals surface area contributed by atoms with Crippen LogP contribution in [0, 0.1) is 0 Å². The van der Waals surface area contributed by atoms with Crippen molar-refractivity contribution in [1.29, 1.82) is 0 Å². The third-order valence-electron chi connectivity index (χ3n) is 2.69. The SMILES string of the molecule is CCCNc1nc(N)nc2nc(Oc3ccccc3)nn12. The van der Waals surface area contributed by atoms with Crippen molar-refractivity contribution in [2.45, 2.75) is 13.3 Å². The summed E-state index contributed by atoms with van der Waals surface area (Å²) in [6.07, 6.45) is 0.952. The zero-order chi connectivity index (χ0) is 14.7. The average Bonchev–Trinajstić information content (AvgIpc) is 2.88. The van der Waals surface area contributed by atoms with Gasteiger partial charge in [-0.05, 0) is 18.6 Å². The number of hydrogen-bond donors (Lipinski definition) is 2. The second-order valence-electron chi connectivity index (χ2n) is 4.35. The first-order valence-corrected chi connectivity index (χ1v) is 6.63. The van der Waals surface area contributed by atoms with Crippen LogP contribution >= 0.6 is 0 Å². The zero-order valence-corrected chi connectivity index (χ0v) is 11.5. The number of rotatable bonds is 5. The summed E-state index contributed by atoms with van der Waals surface area (Å²) in [6.45, 7) is 2.81. The Hall–Kier alpha value is -2.90. The zero-order valence-electron chi connectivity index (χ0n) is 11.5. The molecule has 0 fully saturated rings. The molecule has 0 bridgehead atoms. The predicted molar refractivity (Wildman–Crippen MR) is 78.3 cm³/mol. The molecule has 0 amide bonds. The van der Waals surface area contributed by atoms with Crippen molar-refractivity contribution in [3.63, 3.8) is 0 Å². The van der Waals surface area contributed by atoms with Crippen molar-refractivity contribution in [3.05, 3.63) is 30.3 Å². The third kappa shape index (κ3) is 2.83. The van der Waals surface area contributed by atoms with Crippen LogP contribution in [0.4, 0.5) is 11.9 Å². The number of nitrogens with zero attached hydrogens (tertiary/aromatic N) is 5. The Morgan fingerprint density at radius 3 is 2.76 bits per heavy atom. The molecule has 2 aromatic heterocycles. The fourth-order valence-electron chi connectivity index (χ4n) is 1.77. The molecule has 0 saturated carbocycles. The second-order valence-corrected chi connectivity index (χ2v) is 4.35. The van der Waals surface area contributed by atoms with Gasteiger partial charge in [0.15, 0.2) is 0 Å². The minimum absolute atomic E-state index is 0.139. The standard InChI is InChI=1S/C13H15N7O/c1-2-8-15-11-16-10(14)17-12-18-13(19-20(11)12)21-9-6-4-3-5-7-9/h3-7H,2,8H2,1H3,(H3,14,15,16,17,18,19). The van der Waals surface area contributed by atoms with Crippen LogP contribution in [0.15, 0.2) is 30.3 Å². The van der Waals surface area contributed by atoms with Gasteiger partial charge >= 0.3 is 6.01 Å².